The first-order chi connectivity index (χ1) is 12.1. The summed E-state index contributed by atoms with van der Waals surface area (Å²) >= 11 is 0. The summed E-state index contributed by atoms with van der Waals surface area (Å²) in [5, 5.41) is 9.40. The molecule has 0 spiro atoms. The van der Waals surface area contributed by atoms with Crippen molar-refractivity contribution in [1.29, 1.82) is 0 Å². The van der Waals surface area contributed by atoms with Gasteiger partial charge < -0.3 is 15.5 Å². The Morgan fingerprint density at radius 1 is 1.20 bits per heavy atom. The number of nitrogens with zero attached hydrogens (tertiary/aromatic N) is 3. The van der Waals surface area contributed by atoms with E-state index in [9.17, 15) is 14.0 Å². The summed E-state index contributed by atoms with van der Waals surface area (Å²) < 4.78 is 15.5. The molecule has 2 aromatic rings. The molecule has 0 bridgehead atoms. The van der Waals surface area contributed by atoms with Gasteiger partial charge in [0.2, 0.25) is 11.8 Å². The number of amides is 2. The molecule has 2 heterocycles. The molecule has 2 N–H and O–H groups in total. The summed E-state index contributed by atoms with van der Waals surface area (Å²) in [4.78, 5) is 25.4. The molecular formula is C17H20FN5O2. The number of halogens is 1. The van der Waals surface area contributed by atoms with Crippen LogP contribution in [0.15, 0.2) is 36.7 Å². The van der Waals surface area contributed by atoms with Crippen LogP contribution in [0.3, 0.4) is 0 Å². The molecule has 0 radical (unpaired) electrons. The van der Waals surface area contributed by atoms with E-state index in [0.29, 0.717) is 11.4 Å². The number of hydrogen-bond acceptors (Lipinski definition) is 4. The van der Waals surface area contributed by atoms with Gasteiger partial charge in [-0.05, 0) is 37.1 Å². The highest BCUT2D eigenvalue weighted by Gasteiger charge is 2.18. The number of carbonyl (C=O) groups excluding carboxylic acids is 2. The lowest BCUT2D eigenvalue weighted by molar-refractivity contribution is -0.131. The molecule has 1 aliphatic heterocycles. The first-order valence-corrected chi connectivity index (χ1v) is 8.21. The Morgan fingerprint density at radius 3 is 2.68 bits per heavy atom. The number of hydrogen-bond donors (Lipinski definition) is 2. The minimum Gasteiger partial charge on any atom is -0.376 e. The van der Waals surface area contributed by atoms with Crippen LogP contribution < -0.4 is 10.6 Å². The molecule has 0 saturated carbocycles. The smallest absolute Gasteiger partial charge is 0.241 e. The molecule has 3 rings (SSSR count). The van der Waals surface area contributed by atoms with Crippen LogP contribution in [-0.4, -0.2) is 52.7 Å². The summed E-state index contributed by atoms with van der Waals surface area (Å²) in [5.41, 5.74) is 0.811. The van der Waals surface area contributed by atoms with Gasteiger partial charge in [-0.25, -0.2) is 9.07 Å². The predicted molar refractivity (Wildman–Crippen MR) is 90.8 cm³/mol. The summed E-state index contributed by atoms with van der Waals surface area (Å²) in [6, 6.07) is 6.27. The summed E-state index contributed by atoms with van der Waals surface area (Å²) in [7, 11) is 0. The molecule has 1 saturated heterocycles. The largest absolute Gasteiger partial charge is 0.376 e. The van der Waals surface area contributed by atoms with Crippen LogP contribution >= 0.6 is 0 Å². The van der Waals surface area contributed by atoms with Crippen molar-refractivity contribution in [3.63, 3.8) is 0 Å². The Morgan fingerprint density at radius 2 is 2.00 bits per heavy atom. The summed E-state index contributed by atoms with van der Waals surface area (Å²) in [6.45, 7) is 1.48. The van der Waals surface area contributed by atoms with Gasteiger partial charge in [-0.15, -0.1) is 0 Å². The fraction of sp³-hybridized carbons (Fsp3) is 0.353. The third kappa shape index (κ3) is 4.34. The van der Waals surface area contributed by atoms with Crippen LogP contribution in [-0.2, 0) is 9.59 Å². The number of likely N-dealkylation sites (tertiary alicyclic amines) is 1. The van der Waals surface area contributed by atoms with Crippen molar-refractivity contribution in [2.45, 2.75) is 12.8 Å². The van der Waals surface area contributed by atoms with Gasteiger partial charge in [-0.1, -0.05) is 0 Å². The van der Waals surface area contributed by atoms with Crippen LogP contribution in [0, 0.1) is 5.82 Å². The maximum Gasteiger partial charge on any atom is 0.241 e. The van der Waals surface area contributed by atoms with E-state index in [1.807, 2.05) is 0 Å². The third-order valence-electron chi connectivity index (χ3n) is 4.05. The molecule has 1 aromatic carbocycles. The molecule has 1 aliphatic rings. The van der Waals surface area contributed by atoms with Crippen molar-refractivity contribution in [2.24, 2.45) is 0 Å². The maximum atomic E-state index is 14.1. The van der Waals surface area contributed by atoms with Gasteiger partial charge in [0.25, 0.3) is 0 Å². The Balaban J connectivity index is 1.47. The van der Waals surface area contributed by atoms with Crippen molar-refractivity contribution < 1.29 is 14.0 Å². The number of carbonyl (C=O) groups is 2. The van der Waals surface area contributed by atoms with Crippen LogP contribution in [0.1, 0.15) is 12.8 Å². The summed E-state index contributed by atoms with van der Waals surface area (Å²) in [5.74, 6) is -0.831. The zero-order valence-corrected chi connectivity index (χ0v) is 13.7. The average Bonchev–Trinajstić information content (AvgIpc) is 3.31. The van der Waals surface area contributed by atoms with Crippen LogP contribution in [0.4, 0.5) is 10.1 Å². The zero-order valence-electron chi connectivity index (χ0n) is 13.7. The Bertz CT molecular complexity index is 742. The summed E-state index contributed by atoms with van der Waals surface area (Å²) in [6.07, 6.45) is 5.25. The number of anilines is 1. The molecule has 0 atom stereocenters. The van der Waals surface area contributed by atoms with Gasteiger partial charge in [0.05, 0.1) is 13.1 Å². The molecular weight excluding hydrogens is 325 g/mol. The fourth-order valence-electron chi connectivity index (χ4n) is 2.71. The van der Waals surface area contributed by atoms with Gasteiger partial charge in [0.1, 0.15) is 5.69 Å². The third-order valence-corrected chi connectivity index (χ3v) is 4.05. The normalized spacial score (nSPS) is 13.7. The maximum absolute atomic E-state index is 14.1. The molecule has 0 aliphatic carbocycles. The number of rotatable bonds is 6. The minimum absolute atomic E-state index is 0.00683. The van der Waals surface area contributed by atoms with Crippen molar-refractivity contribution >= 4 is 17.5 Å². The Kier molecular flexibility index (Phi) is 5.27. The zero-order chi connectivity index (χ0) is 17.6. The lowest BCUT2D eigenvalue weighted by atomic mass is 10.2. The van der Waals surface area contributed by atoms with Crippen molar-refractivity contribution in [3.05, 3.63) is 42.5 Å². The molecule has 1 fully saturated rings. The van der Waals surface area contributed by atoms with Gasteiger partial charge in [0, 0.05) is 31.2 Å². The van der Waals surface area contributed by atoms with E-state index in [1.54, 1.807) is 35.5 Å². The minimum atomic E-state index is -0.446. The number of aromatic nitrogens is 2. The van der Waals surface area contributed by atoms with E-state index in [4.69, 9.17) is 0 Å². The van der Waals surface area contributed by atoms with Crippen LogP contribution in [0.5, 0.6) is 0 Å². The van der Waals surface area contributed by atoms with E-state index in [1.165, 1.54) is 10.7 Å². The SMILES string of the molecule is O=C(CNc1ccc(-n2cccn2)c(F)c1)NCC(=O)N1CCCC1. The standard InChI is InChI=1S/C17H20FN5O2/c18-14-10-13(4-5-15(14)23-9-3-6-21-23)19-11-16(24)20-12-17(25)22-7-1-2-8-22/h3-6,9-10,19H,1-2,7-8,11-12H2,(H,20,24). The first kappa shape index (κ1) is 16.9. The number of benzene rings is 1. The molecule has 2 amide bonds. The molecule has 25 heavy (non-hydrogen) atoms. The second-order valence-electron chi connectivity index (χ2n) is 5.83. The van der Waals surface area contributed by atoms with E-state index in [0.717, 1.165) is 25.9 Å². The Hall–Kier alpha value is -2.90. The van der Waals surface area contributed by atoms with Crippen LogP contribution in [0.25, 0.3) is 5.69 Å². The molecule has 1 aromatic heterocycles. The Labute approximate surface area is 144 Å². The second kappa shape index (κ2) is 7.78. The first-order valence-electron chi connectivity index (χ1n) is 8.21. The fourth-order valence-corrected chi connectivity index (χ4v) is 2.71. The molecule has 7 nitrogen and oxygen atoms in total. The lowest BCUT2D eigenvalue weighted by Gasteiger charge is -2.15. The highest BCUT2D eigenvalue weighted by molar-refractivity contribution is 5.86. The monoisotopic (exact) mass is 345 g/mol. The van der Waals surface area contributed by atoms with E-state index < -0.39 is 5.82 Å². The van der Waals surface area contributed by atoms with Crippen LogP contribution in [0.2, 0.25) is 0 Å². The van der Waals surface area contributed by atoms with Gasteiger partial charge in [0.15, 0.2) is 5.82 Å². The molecule has 8 heteroatoms. The second-order valence-corrected chi connectivity index (χ2v) is 5.83. The highest BCUT2D eigenvalue weighted by atomic mass is 19.1. The van der Waals surface area contributed by atoms with Gasteiger partial charge in [-0.2, -0.15) is 5.10 Å². The predicted octanol–water partition coefficient (Wildman–Crippen LogP) is 1.16. The van der Waals surface area contributed by atoms with Gasteiger partial charge in [-0.3, -0.25) is 9.59 Å². The van der Waals surface area contributed by atoms with Gasteiger partial charge >= 0.3 is 0 Å². The highest BCUT2D eigenvalue weighted by Crippen LogP contribution is 2.17. The molecule has 132 valence electrons. The molecule has 0 unspecified atom stereocenters. The van der Waals surface area contributed by atoms with Crippen molar-refractivity contribution in [1.82, 2.24) is 20.0 Å². The van der Waals surface area contributed by atoms with Crippen molar-refractivity contribution in [3.8, 4) is 5.69 Å². The quantitative estimate of drug-likeness (QED) is 0.823. The average molecular weight is 345 g/mol. The van der Waals surface area contributed by atoms with E-state index in [2.05, 4.69) is 15.7 Å². The lowest BCUT2D eigenvalue weighted by Crippen LogP contribution is -2.40. The van der Waals surface area contributed by atoms with E-state index >= 15 is 0 Å². The topological polar surface area (TPSA) is 79.3 Å². The van der Waals surface area contributed by atoms with Crippen molar-refractivity contribution in [2.75, 3.05) is 31.5 Å². The number of nitrogens with one attached hydrogen (secondary N) is 2. The van der Waals surface area contributed by atoms with E-state index in [-0.39, 0.29) is 24.9 Å².